The molecule has 2 aromatic heterocycles. The second-order valence-electron chi connectivity index (χ2n) is 3.02. The molecule has 0 unspecified atom stereocenters. The third kappa shape index (κ3) is 2.13. The number of hydrogen-bond donors (Lipinski definition) is 1. The smallest absolute Gasteiger partial charge is 0.418 e. The van der Waals surface area contributed by atoms with Gasteiger partial charge in [0.25, 0.3) is 0 Å². The van der Waals surface area contributed by atoms with E-state index in [1.807, 2.05) is 0 Å². The Morgan fingerprint density at radius 3 is 2.53 bits per heavy atom. The number of aromatic carboxylic acids is 1. The summed E-state index contributed by atoms with van der Waals surface area (Å²) in [6.07, 6.45) is -1.99. The van der Waals surface area contributed by atoms with Crippen LogP contribution in [0.4, 0.5) is 13.2 Å². The third-order valence-corrected chi connectivity index (χ3v) is 2.61. The van der Waals surface area contributed by atoms with Gasteiger partial charge >= 0.3 is 12.1 Å². The molecule has 0 amide bonds. The Bertz CT molecular complexity index is 547. The Balaban J connectivity index is 2.56. The maximum Gasteiger partial charge on any atom is 0.418 e. The number of carbonyl (C=O) groups is 1. The highest BCUT2D eigenvalue weighted by Gasteiger charge is 2.37. The lowest BCUT2D eigenvalue weighted by molar-refractivity contribution is -0.138. The van der Waals surface area contributed by atoms with Crippen LogP contribution in [0, 0.1) is 0 Å². The fourth-order valence-electron chi connectivity index (χ4n) is 1.24. The minimum absolute atomic E-state index is 0.169. The lowest BCUT2D eigenvalue weighted by Crippen LogP contribution is -2.09. The zero-order valence-electron chi connectivity index (χ0n) is 7.97. The highest BCUT2D eigenvalue weighted by molar-refractivity contribution is 7.07. The quantitative estimate of drug-likeness (QED) is 0.900. The van der Waals surface area contributed by atoms with Crippen LogP contribution in [0.25, 0.3) is 5.13 Å². The molecular formula is C8H4F3N3O2S. The van der Waals surface area contributed by atoms with Gasteiger partial charge in [-0.15, -0.1) is 0 Å². The van der Waals surface area contributed by atoms with Crippen molar-refractivity contribution in [2.24, 2.45) is 0 Å². The topological polar surface area (TPSA) is 68.0 Å². The molecule has 0 bridgehead atoms. The lowest BCUT2D eigenvalue weighted by atomic mass is 10.2. The van der Waals surface area contributed by atoms with E-state index >= 15 is 0 Å². The van der Waals surface area contributed by atoms with Crippen LogP contribution in [-0.2, 0) is 6.18 Å². The molecule has 0 saturated carbocycles. The number of hydrogen-bond acceptors (Lipinski definition) is 4. The summed E-state index contributed by atoms with van der Waals surface area (Å²) in [5, 5.41) is 8.86. The molecule has 0 aliphatic rings. The third-order valence-electron chi connectivity index (χ3n) is 1.93. The molecule has 0 radical (unpaired) electrons. The monoisotopic (exact) mass is 263 g/mol. The van der Waals surface area contributed by atoms with Gasteiger partial charge in [0.15, 0.2) is 0 Å². The van der Waals surface area contributed by atoms with Gasteiger partial charge in [0.2, 0.25) is 5.13 Å². The molecule has 2 rings (SSSR count). The van der Waals surface area contributed by atoms with Crippen molar-refractivity contribution >= 4 is 17.5 Å². The molecule has 5 nitrogen and oxygen atoms in total. The van der Waals surface area contributed by atoms with Gasteiger partial charge in [-0.1, -0.05) is 0 Å². The Kier molecular flexibility index (Phi) is 2.62. The molecule has 9 heteroatoms. The van der Waals surface area contributed by atoms with Crippen molar-refractivity contribution in [1.29, 1.82) is 0 Å². The lowest BCUT2D eigenvalue weighted by Gasteiger charge is -2.03. The number of alkyl halides is 3. The average Bonchev–Trinajstić information content (AvgIpc) is 2.85. The molecule has 0 aliphatic carbocycles. The normalized spacial score (nSPS) is 11.7. The molecule has 0 fully saturated rings. The Labute approximate surface area is 96.3 Å². The van der Waals surface area contributed by atoms with Crippen molar-refractivity contribution in [1.82, 2.24) is 13.9 Å². The summed E-state index contributed by atoms with van der Waals surface area (Å²) in [5.74, 6) is -1.64. The zero-order chi connectivity index (χ0) is 12.6. The van der Waals surface area contributed by atoms with Crippen molar-refractivity contribution in [2.75, 3.05) is 0 Å². The molecule has 0 spiro atoms. The van der Waals surface area contributed by atoms with Crippen molar-refractivity contribution in [3.05, 3.63) is 29.8 Å². The van der Waals surface area contributed by atoms with E-state index in [9.17, 15) is 18.0 Å². The van der Waals surface area contributed by atoms with Gasteiger partial charge < -0.3 is 5.11 Å². The van der Waals surface area contributed by atoms with Crippen LogP contribution >= 0.6 is 11.5 Å². The van der Waals surface area contributed by atoms with E-state index in [1.54, 1.807) is 0 Å². The maximum atomic E-state index is 12.6. The highest BCUT2D eigenvalue weighted by atomic mass is 32.1. The fourth-order valence-corrected chi connectivity index (χ4v) is 1.72. The Morgan fingerprint density at radius 1 is 1.41 bits per heavy atom. The number of halogens is 3. The Morgan fingerprint density at radius 2 is 2.12 bits per heavy atom. The van der Waals surface area contributed by atoms with Crippen molar-refractivity contribution < 1.29 is 23.1 Å². The van der Waals surface area contributed by atoms with Crippen LogP contribution in [-0.4, -0.2) is 25.0 Å². The van der Waals surface area contributed by atoms with Crippen LogP contribution in [0.5, 0.6) is 0 Å². The summed E-state index contributed by atoms with van der Waals surface area (Å²) in [7, 11) is 0. The second kappa shape index (κ2) is 3.84. The van der Waals surface area contributed by atoms with Crippen molar-refractivity contribution in [3.8, 4) is 5.13 Å². The number of carboxylic acid groups (broad SMARTS) is 1. The average molecular weight is 263 g/mol. The molecule has 0 aromatic carbocycles. The van der Waals surface area contributed by atoms with Crippen LogP contribution in [0.15, 0.2) is 18.7 Å². The molecule has 0 atom stereocenters. The van der Waals surface area contributed by atoms with Gasteiger partial charge in [0.05, 0.1) is 11.1 Å². The highest BCUT2D eigenvalue weighted by Crippen LogP contribution is 2.33. The van der Waals surface area contributed by atoms with Crippen molar-refractivity contribution in [2.45, 2.75) is 6.18 Å². The van der Waals surface area contributed by atoms with Crippen LogP contribution in [0.3, 0.4) is 0 Å². The fraction of sp³-hybridized carbons (Fsp3) is 0.125. The molecule has 90 valence electrons. The van der Waals surface area contributed by atoms with Gasteiger partial charge in [-0.25, -0.2) is 9.78 Å². The number of rotatable bonds is 2. The van der Waals surface area contributed by atoms with E-state index in [-0.39, 0.29) is 5.13 Å². The summed E-state index contributed by atoms with van der Waals surface area (Å²) >= 11 is 0.862. The van der Waals surface area contributed by atoms with Gasteiger partial charge in [-0.3, -0.25) is 4.57 Å². The van der Waals surface area contributed by atoms with Gasteiger partial charge in [0.1, 0.15) is 6.33 Å². The summed E-state index contributed by atoms with van der Waals surface area (Å²) < 4.78 is 42.3. The first-order valence-corrected chi connectivity index (χ1v) is 4.96. The number of carboxylic acids is 1. The first-order valence-electron chi connectivity index (χ1n) is 4.19. The minimum Gasteiger partial charge on any atom is -0.478 e. The van der Waals surface area contributed by atoms with E-state index in [0.29, 0.717) is 6.20 Å². The number of nitrogens with zero attached hydrogens (tertiary/aromatic N) is 3. The van der Waals surface area contributed by atoms with E-state index in [4.69, 9.17) is 5.11 Å². The summed E-state index contributed by atoms with van der Waals surface area (Å²) in [5.41, 5.74) is -2.02. The van der Waals surface area contributed by atoms with Crippen LogP contribution < -0.4 is 0 Å². The largest absolute Gasteiger partial charge is 0.478 e. The minimum atomic E-state index is -4.72. The maximum absolute atomic E-state index is 12.6. The molecule has 0 aliphatic heterocycles. The standard InChI is InChI=1S/C8H4F3N3O2S/c9-8(10,11)5-2-14(1-4(5)6(15)16)7-12-3-13-17-7/h1-3H,(H,15,16). The predicted octanol–water partition coefficient (Wildman–Crippen LogP) is 2.05. The van der Waals surface area contributed by atoms with Crippen LogP contribution in [0.1, 0.15) is 15.9 Å². The van der Waals surface area contributed by atoms with Crippen molar-refractivity contribution in [3.63, 3.8) is 0 Å². The Hall–Kier alpha value is -1.90. The van der Waals surface area contributed by atoms with E-state index in [1.165, 1.54) is 6.33 Å². The van der Waals surface area contributed by atoms with Gasteiger partial charge in [-0.2, -0.15) is 17.5 Å². The summed E-state index contributed by atoms with van der Waals surface area (Å²) in [4.78, 5) is 14.4. The first kappa shape index (κ1) is 11.6. The van der Waals surface area contributed by atoms with E-state index in [2.05, 4.69) is 9.36 Å². The molecule has 1 N–H and O–H groups in total. The van der Waals surface area contributed by atoms with Gasteiger partial charge in [0, 0.05) is 23.9 Å². The van der Waals surface area contributed by atoms with Gasteiger partial charge in [-0.05, 0) is 0 Å². The number of aromatic nitrogens is 3. The molecule has 0 saturated heterocycles. The van der Waals surface area contributed by atoms with Crippen LogP contribution in [0.2, 0.25) is 0 Å². The molecule has 17 heavy (non-hydrogen) atoms. The summed E-state index contributed by atoms with van der Waals surface area (Å²) in [6, 6.07) is 0. The zero-order valence-corrected chi connectivity index (χ0v) is 8.79. The van der Waals surface area contributed by atoms with E-state index in [0.717, 1.165) is 22.3 Å². The molecule has 2 heterocycles. The first-order chi connectivity index (χ1) is 7.89. The second-order valence-corrected chi connectivity index (χ2v) is 3.78. The van der Waals surface area contributed by atoms with E-state index < -0.39 is 23.3 Å². The predicted molar refractivity (Wildman–Crippen MR) is 51.2 cm³/mol. The summed E-state index contributed by atoms with van der Waals surface area (Å²) in [6.45, 7) is 0. The molecular weight excluding hydrogens is 259 g/mol. The molecule has 2 aromatic rings. The SMILES string of the molecule is O=C(O)c1cn(-c2ncns2)cc1C(F)(F)F.